The maximum Gasteiger partial charge on any atom is 0.310 e. The molecule has 2 bridgehead atoms. The summed E-state index contributed by atoms with van der Waals surface area (Å²) in [5.74, 6) is -3.93. The van der Waals surface area contributed by atoms with E-state index in [1.54, 1.807) is 11.0 Å². The third-order valence-electron chi connectivity index (χ3n) is 7.86. The molecule has 0 aliphatic carbocycles. The Morgan fingerprint density at radius 2 is 1.97 bits per heavy atom. The SMILES string of the molecule is C=CCN(C(=O)C1N([C@@H](CO)C(C)C)C(=O)[C@@H]2[C@@H](C(=O)O)[C@H]3CCC12O3)c1c(C)cccc1C. The van der Waals surface area contributed by atoms with Crippen molar-refractivity contribution in [2.75, 3.05) is 18.1 Å². The van der Waals surface area contributed by atoms with E-state index < -0.39 is 47.5 Å². The molecule has 3 fully saturated rings. The van der Waals surface area contributed by atoms with Gasteiger partial charge in [0, 0.05) is 12.2 Å². The Hall–Kier alpha value is -2.71. The van der Waals surface area contributed by atoms with Crippen molar-refractivity contribution in [2.45, 2.75) is 64.3 Å². The lowest BCUT2D eigenvalue weighted by Gasteiger charge is -2.40. The summed E-state index contributed by atoms with van der Waals surface area (Å²) in [6, 6.07) is 4.10. The number of carbonyl (C=O) groups excluding carboxylic acids is 2. The van der Waals surface area contributed by atoms with Crippen LogP contribution in [0.4, 0.5) is 5.69 Å². The number of nitrogens with zero attached hydrogens (tertiary/aromatic N) is 2. The fraction of sp³-hybridized carbons (Fsp3) is 0.577. The van der Waals surface area contributed by atoms with Crippen LogP contribution in [0.1, 0.15) is 37.8 Å². The van der Waals surface area contributed by atoms with E-state index in [4.69, 9.17) is 4.74 Å². The topological polar surface area (TPSA) is 107 Å². The number of fused-ring (bicyclic) bond motifs is 1. The molecule has 6 atom stereocenters. The van der Waals surface area contributed by atoms with Gasteiger partial charge in [0.05, 0.1) is 30.6 Å². The van der Waals surface area contributed by atoms with Gasteiger partial charge >= 0.3 is 5.97 Å². The average molecular weight is 471 g/mol. The summed E-state index contributed by atoms with van der Waals surface area (Å²) in [5, 5.41) is 20.2. The monoisotopic (exact) mass is 470 g/mol. The summed E-state index contributed by atoms with van der Waals surface area (Å²) < 4.78 is 6.29. The minimum absolute atomic E-state index is 0.145. The van der Waals surface area contributed by atoms with Crippen molar-refractivity contribution < 1.29 is 29.3 Å². The van der Waals surface area contributed by atoms with Crippen molar-refractivity contribution in [2.24, 2.45) is 17.8 Å². The first-order valence-electron chi connectivity index (χ1n) is 11.9. The molecule has 1 aromatic rings. The number of ether oxygens (including phenoxy) is 1. The Labute approximate surface area is 200 Å². The van der Waals surface area contributed by atoms with Crippen LogP contribution in [-0.4, -0.2) is 69.8 Å². The summed E-state index contributed by atoms with van der Waals surface area (Å²) in [7, 11) is 0. The van der Waals surface area contributed by atoms with Gasteiger partial charge in [0.2, 0.25) is 5.91 Å². The number of aliphatic hydroxyl groups excluding tert-OH is 1. The third kappa shape index (κ3) is 3.38. The average Bonchev–Trinajstić information content (AvgIpc) is 3.41. The van der Waals surface area contributed by atoms with Gasteiger partial charge in [-0.1, -0.05) is 38.1 Å². The maximum atomic E-state index is 14.4. The smallest absolute Gasteiger partial charge is 0.310 e. The van der Waals surface area contributed by atoms with Crippen molar-refractivity contribution in [3.8, 4) is 0 Å². The summed E-state index contributed by atoms with van der Waals surface area (Å²) in [6.07, 6.45) is 1.95. The molecule has 0 saturated carbocycles. The molecular formula is C26H34N2O6. The number of likely N-dealkylation sites (tertiary alicyclic amines) is 1. The number of benzene rings is 1. The second-order valence-corrected chi connectivity index (χ2v) is 10.1. The first kappa shape index (κ1) is 24.4. The fourth-order valence-corrected chi connectivity index (χ4v) is 6.43. The van der Waals surface area contributed by atoms with Crippen LogP contribution in [0.5, 0.6) is 0 Å². The minimum atomic E-state index is -1.22. The molecule has 184 valence electrons. The summed E-state index contributed by atoms with van der Waals surface area (Å²) in [4.78, 5) is 43.5. The molecule has 3 saturated heterocycles. The predicted molar refractivity (Wildman–Crippen MR) is 126 cm³/mol. The zero-order valence-corrected chi connectivity index (χ0v) is 20.2. The maximum absolute atomic E-state index is 14.4. The summed E-state index contributed by atoms with van der Waals surface area (Å²) in [5.41, 5.74) is 1.33. The van der Waals surface area contributed by atoms with Gasteiger partial charge in [0.15, 0.2) is 0 Å². The molecule has 0 aromatic heterocycles. The van der Waals surface area contributed by atoms with E-state index in [-0.39, 0.29) is 25.0 Å². The second-order valence-electron chi connectivity index (χ2n) is 10.1. The molecule has 3 aliphatic rings. The molecule has 2 amide bonds. The number of carbonyl (C=O) groups is 3. The fourth-order valence-electron chi connectivity index (χ4n) is 6.43. The molecule has 2 unspecified atom stereocenters. The molecule has 4 rings (SSSR count). The molecular weight excluding hydrogens is 436 g/mol. The highest BCUT2D eigenvalue weighted by Gasteiger charge is 2.75. The number of rotatable bonds is 8. The Balaban J connectivity index is 1.88. The number of carboxylic acids is 1. The van der Waals surface area contributed by atoms with Crippen molar-refractivity contribution in [1.82, 2.24) is 4.90 Å². The number of amides is 2. The highest BCUT2D eigenvalue weighted by Crippen LogP contribution is 2.59. The van der Waals surface area contributed by atoms with E-state index >= 15 is 0 Å². The molecule has 34 heavy (non-hydrogen) atoms. The number of aliphatic hydroxyl groups is 1. The van der Waals surface area contributed by atoms with Crippen LogP contribution in [0.2, 0.25) is 0 Å². The van der Waals surface area contributed by atoms with Gasteiger partial charge in [0.25, 0.3) is 5.91 Å². The molecule has 3 aliphatic heterocycles. The van der Waals surface area contributed by atoms with Crippen LogP contribution in [0, 0.1) is 31.6 Å². The number of aryl methyl sites for hydroxylation is 2. The van der Waals surface area contributed by atoms with Crippen LogP contribution in [-0.2, 0) is 19.1 Å². The second kappa shape index (κ2) is 8.82. The van der Waals surface area contributed by atoms with Crippen molar-refractivity contribution in [1.29, 1.82) is 0 Å². The molecule has 0 radical (unpaired) electrons. The van der Waals surface area contributed by atoms with Gasteiger partial charge in [-0.05, 0) is 43.7 Å². The molecule has 8 heteroatoms. The Kier molecular flexibility index (Phi) is 6.33. The summed E-state index contributed by atoms with van der Waals surface area (Å²) >= 11 is 0. The molecule has 8 nitrogen and oxygen atoms in total. The van der Waals surface area contributed by atoms with Crippen molar-refractivity contribution in [3.63, 3.8) is 0 Å². The number of hydrogen-bond acceptors (Lipinski definition) is 5. The first-order valence-corrected chi connectivity index (χ1v) is 11.9. The highest BCUT2D eigenvalue weighted by atomic mass is 16.5. The zero-order valence-electron chi connectivity index (χ0n) is 20.2. The van der Waals surface area contributed by atoms with Crippen LogP contribution >= 0.6 is 0 Å². The molecule has 1 aromatic carbocycles. The number of aliphatic carboxylic acids is 1. The zero-order chi connectivity index (χ0) is 24.9. The number of carboxylic acid groups (broad SMARTS) is 1. The van der Waals surface area contributed by atoms with Gasteiger partial charge in [-0.3, -0.25) is 14.4 Å². The Bertz CT molecular complexity index is 1000. The largest absolute Gasteiger partial charge is 0.481 e. The van der Waals surface area contributed by atoms with E-state index in [1.165, 1.54) is 4.90 Å². The standard InChI is InChI=1S/C26H34N2O6/c1-6-12-27(21-15(4)8-7-9-16(21)5)24(31)22-26-11-10-18(34-26)19(25(32)33)20(26)23(30)28(22)17(13-29)14(2)3/h6-9,14,17-20,22,29H,1,10-13H2,2-5H3,(H,32,33)/t17-,18+,19-,20-,22?,26?/m0/s1. The lowest BCUT2D eigenvalue weighted by Crippen LogP contribution is -2.60. The predicted octanol–water partition coefficient (Wildman–Crippen LogP) is 2.30. The van der Waals surface area contributed by atoms with Crippen LogP contribution < -0.4 is 4.90 Å². The normalized spacial score (nSPS) is 30.5. The quantitative estimate of drug-likeness (QED) is 0.565. The molecule has 2 N–H and O–H groups in total. The van der Waals surface area contributed by atoms with Crippen molar-refractivity contribution in [3.05, 3.63) is 42.0 Å². The van der Waals surface area contributed by atoms with Crippen LogP contribution in [0.25, 0.3) is 0 Å². The van der Waals surface area contributed by atoms with E-state index in [2.05, 4.69) is 6.58 Å². The Morgan fingerprint density at radius 1 is 1.32 bits per heavy atom. The van der Waals surface area contributed by atoms with Gasteiger partial charge in [-0.15, -0.1) is 6.58 Å². The van der Waals surface area contributed by atoms with Gasteiger partial charge in [0.1, 0.15) is 11.6 Å². The van der Waals surface area contributed by atoms with E-state index in [0.717, 1.165) is 16.8 Å². The van der Waals surface area contributed by atoms with E-state index in [1.807, 2.05) is 45.9 Å². The van der Waals surface area contributed by atoms with Crippen LogP contribution in [0.3, 0.4) is 0 Å². The third-order valence-corrected chi connectivity index (χ3v) is 7.86. The molecule has 1 spiro atoms. The van der Waals surface area contributed by atoms with E-state index in [0.29, 0.717) is 12.8 Å². The number of hydrogen-bond donors (Lipinski definition) is 2. The van der Waals surface area contributed by atoms with E-state index in [9.17, 15) is 24.6 Å². The van der Waals surface area contributed by atoms with Crippen LogP contribution in [0.15, 0.2) is 30.9 Å². The van der Waals surface area contributed by atoms with Gasteiger partial charge in [-0.2, -0.15) is 0 Å². The lowest BCUT2D eigenvalue weighted by molar-refractivity contribution is -0.151. The highest BCUT2D eigenvalue weighted by molar-refractivity contribution is 6.05. The van der Waals surface area contributed by atoms with Gasteiger partial charge in [-0.25, -0.2) is 0 Å². The van der Waals surface area contributed by atoms with Gasteiger partial charge < -0.3 is 24.7 Å². The number of para-hydroxylation sites is 1. The van der Waals surface area contributed by atoms with Crippen molar-refractivity contribution >= 4 is 23.5 Å². The Morgan fingerprint density at radius 3 is 2.50 bits per heavy atom. The number of anilines is 1. The minimum Gasteiger partial charge on any atom is -0.481 e. The summed E-state index contributed by atoms with van der Waals surface area (Å²) in [6.45, 7) is 11.3. The molecule has 3 heterocycles. The lowest BCUT2D eigenvalue weighted by atomic mass is 9.70. The first-order chi connectivity index (χ1) is 16.1.